The lowest BCUT2D eigenvalue weighted by Crippen LogP contribution is -2.64. The van der Waals surface area contributed by atoms with Crippen LogP contribution >= 0.6 is 0 Å². The zero-order valence-electron chi connectivity index (χ0n) is 40.2. The van der Waals surface area contributed by atoms with Crippen molar-refractivity contribution in [3.8, 4) is 5.75 Å². The number of amides is 1. The summed E-state index contributed by atoms with van der Waals surface area (Å²) in [5.41, 5.74) is 2.67. The van der Waals surface area contributed by atoms with Gasteiger partial charge in [0.15, 0.2) is 0 Å². The quantitative estimate of drug-likeness (QED) is 0.131. The number of nitrogens with zero attached hydrogens (tertiary/aromatic N) is 1. The molecule has 364 valence electrons. The van der Waals surface area contributed by atoms with Crippen molar-refractivity contribution in [2.24, 2.45) is 29.6 Å². The molecule has 66 heavy (non-hydrogen) atoms. The molecule has 0 radical (unpaired) electrons. The zero-order chi connectivity index (χ0) is 47.9. The Bertz CT molecular complexity index is 2080. The van der Waals surface area contributed by atoms with Crippen molar-refractivity contribution in [3.05, 3.63) is 66.4 Å². The lowest BCUT2D eigenvalue weighted by molar-refractivity contribution is -0.302. The molecule has 14 heteroatoms. The Hall–Kier alpha value is -4.18. The van der Waals surface area contributed by atoms with Crippen LogP contribution in [0.3, 0.4) is 0 Å². The first kappa shape index (κ1) is 51.2. The van der Waals surface area contributed by atoms with Crippen molar-refractivity contribution in [1.29, 1.82) is 0 Å². The largest absolute Gasteiger partial charge is 0.488 e. The highest BCUT2D eigenvalue weighted by Crippen LogP contribution is 2.40. The third kappa shape index (κ3) is 11.7. The molecular formula is C52H74N2O12. The second-order valence-electron chi connectivity index (χ2n) is 19.6. The number of ketones is 2. The van der Waals surface area contributed by atoms with E-state index in [0.717, 1.165) is 28.6 Å². The number of aliphatic hydroxyl groups is 2. The molecule has 1 saturated carbocycles. The van der Waals surface area contributed by atoms with Gasteiger partial charge in [0.05, 0.1) is 24.4 Å². The van der Waals surface area contributed by atoms with E-state index < -0.39 is 77.8 Å². The number of carbonyl (C=O) groups is 4. The molecule has 4 heterocycles. The van der Waals surface area contributed by atoms with Gasteiger partial charge in [0.25, 0.3) is 11.7 Å². The Morgan fingerprint density at radius 2 is 1.67 bits per heavy atom. The molecule has 4 aliphatic rings. The molecule has 0 spiro atoms. The number of nitrogens with one attached hydrogen (secondary N) is 1. The third-order valence-corrected chi connectivity index (χ3v) is 14.7. The van der Waals surface area contributed by atoms with E-state index in [1.807, 2.05) is 57.3 Å². The highest BCUT2D eigenvalue weighted by Gasteiger charge is 2.56. The van der Waals surface area contributed by atoms with Gasteiger partial charge in [-0.1, -0.05) is 44.6 Å². The van der Waals surface area contributed by atoms with Crippen LogP contribution in [0.4, 0.5) is 0 Å². The molecular weight excluding hydrogens is 845 g/mol. The maximum atomic E-state index is 14.6. The molecule has 3 aliphatic heterocycles. The number of cyclic esters (lactones) is 1. The Morgan fingerprint density at radius 1 is 0.939 bits per heavy atom. The molecule has 6 rings (SSSR count). The van der Waals surface area contributed by atoms with Gasteiger partial charge in [-0.25, -0.2) is 4.79 Å². The number of aromatic amines is 1. The molecule has 1 amide bonds. The van der Waals surface area contributed by atoms with E-state index in [4.69, 9.17) is 28.4 Å². The second kappa shape index (κ2) is 22.7. The Morgan fingerprint density at radius 3 is 2.38 bits per heavy atom. The van der Waals surface area contributed by atoms with Crippen LogP contribution in [-0.4, -0.2) is 126 Å². The number of methoxy groups -OCH3 is 3. The topological polar surface area (TPSA) is 183 Å². The van der Waals surface area contributed by atoms with Gasteiger partial charge in [0.2, 0.25) is 5.79 Å². The monoisotopic (exact) mass is 919 g/mol. The van der Waals surface area contributed by atoms with E-state index in [1.165, 1.54) is 19.1 Å². The van der Waals surface area contributed by atoms with Gasteiger partial charge in [0, 0.05) is 69.1 Å². The van der Waals surface area contributed by atoms with Gasteiger partial charge in [-0.3, -0.25) is 14.4 Å². The van der Waals surface area contributed by atoms with E-state index in [1.54, 1.807) is 27.0 Å². The lowest BCUT2D eigenvalue weighted by Gasteiger charge is -2.47. The average molecular weight is 919 g/mol. The first-order valence-electron chi connectivity index (χ1n) is 24.0. The number of carbonyl (C=O) groups excluding carboxylic acids is 4. The van der Waals surface area contributed by atoms with Gasteiger partial charge in [0.1, 0.15) is 35.9 Å². The number of hydrogen-bond donors (Lipinski definition) is 3. The molecule has 3 fully saturated rings. The smallest absolute Gasteiger partial charge is 0.329 e. The lowest BCUT2D eigenvalue weighted by atomic mass is 9.81. The Labute approximate surface area is 390 Å². The van der Waals surface area contributed by atoms with Crippen LogP contribution < -0.4 is 4.74 Å². The number of aliphatic hydroxyl groups excluding tert-OH is 1. The van der Waals surface area contributed by atoms with E-state index >= 15 is 0 Å². The maximum Gasteiger partial charge on any atom is 0.329 e. The maximum absolute atomic E-state index is 14.6. The van der Waals surface area contributed by atoms with Crippen molar-refractivity contribution in [1.82, 2.24) is 9.88 Å². The first-order valence-corrected chi connectivity index (χ1v) is 24.0. The normalized spacial score (nSPS) is 36.2. The molecule has 2 bridgehead atoms. The number of benzene rings is 1. The highest BCUT2D eigenvalue weighted by atomic mass is 16.7. The molecule has 1 aliphatic carbocycles. The van der Waals surface area contributed by atoms with Gasteiger partial charge in [-0.05, 0) is 120 Å². The first-order chi connectivity index (χ1) is 31.5. The minimum absolute atomic E-state index is 0.00525. The van der Waals surface area contributed by atoms with Crippen LogP contribution in [0.5, 0.6) is 5.75 Å². The minimum Gasteiger partial charge on any atom is -0.488 e. The van der Waals surface area contributed by atoms with Crippen LogP contribution in [0.2, 0.25) is 0 Å². The second-order valence-corrected chi connectivity index (χ2v) is 19.6. The van der Waals surface area contributed by atoms with Crippen molar-refractivity contribution in [3.63, 3.8) is 0 Å². The van der Waals surface area contributed by atoms with Crippen molar-refractivity contribution in [2.75, 3.05) is 27.9 Å². The number of H-pyrrole nitrogens is 1. The number of allylic oxidation sites excluding steroid dienone is 4. The molecule has 3 N–H and O–H groups in total. The van der Waals surface area contributed by atoms with Crippen LogP contribution in [-0.2, 0) is 42.9 Å². The standard InChI is InChI=1S/C52H74N2O12/c1-10-13-37-23-30(2)22-31(3)24-45(62-8)48-46(63-9)26-33(5)52(60,66-48)49(57)50(58)54-21-12-11-14-40(54)51(59)65-47(34(6)41(55)29-42(37)56)32(4)25-35-15-18-43(44(27-35)61-7)64-38-16-17-39-36(28-38)19-20-53-39/h10,16-17,19-20,23,25,28,31,33-35,37,40-41,43-48,53,55,60H,1,11-15,18,21-22,24,26-27,29H2,2-9H3. The van der Waals surface area contributed by atoms with E-state index in [9.17, 15) is 29.4 Å². The summed E-state index contributed by atoms with van der Waals surface area (Å²) in [6.45, 7) is 13.3. The Kier molecular flexibility index (Phi) is 17.7. The predicted molar refractivity (Wildman–Crippen MR) is 249 cm³/mol. The Balaban J connectivity index is 1.31. The van der Waals surface area contributed by atoms with E-state index in [0.29, 0.717) is 50.5 Å². The van der Waals surface area contributed by atoms with E-state index in [-0.39, 0.29) is 55.6 Å². The summed E-state index contributed by atoms with van der Waals surface area (Å²) in [7, 11) is 4.74. The van der Waals surface area contributed by atoms with Crippen molar-refractivity contribution < 1.29 is 57.8 Å². The van der Waals surface area contributed by atoms with Crippen molar-refractivity contribution in [2.45, 2.75) is 160 Å². The fourth-order valence-electron chi connectivity index (χ4n) is 10.8. The molecule has 14 unspecified atom stereocenters. The van der Waals surface area contributed by atoms with E-state index in [2.05, 4.69) is 17.6 Å². The fourth-order valence-corrected chi connectivity index (χ4v) is 10.8. The molecule has 1 aromatic heterocycles. The molecule has 1 aromatic carbocycles. The number of ether oxygens (including phenoxy) is 6. The van der Waals surface area contributed by atoms with Crippen LogP contribution in [0, 0.1) is 29.6 Å². The summed E-state index contributed by atoms with van der Waals surface area (Å²) < 4.78 is 36.9. The number of fused-ring (bicyclic) bond motifs is 4. The van der Waals surface area contributed by atoms with Gasteiger partial charge >= 0.3 is 5.97 Å². The molecule has 2 saturated heterocycles. The SMILES string of the molecule is C=CCC1C=C(C)CC(C)CC(OC)C2OC(O)(C(=O)C(=O)N3CCCCC3C(=O)OC(C(C)=CC3CCC(Oc4ccc5[nH]ccc5c4)C(OC)C3)C(C)C(O)CC1=O)C(C)CC2OC. The fraction of sp³-hybridized carbons (Fsp3) is 0.654. The van der Waals surface area contributed by atoms with Crippen LogP contribution in [0.1, 0.15) is 105 Å². The summed E-state index contributed by atoms with van der Waals surface area (Å²) in [6, 6.07) is 6.80. The van der Waals surface area contributed by atoms with Gasteiger partial charge < -0.3 is 48.5 Å². The summed E-state index contributed by atoms with van der Waals surface area (Å²) in [4.78, 5) is 61.8. The number of hydrogen-bond acceptors (Lipinski definition) is 12. The number of piperidine rings is 1. The summed E-state index contributed by atoms with van der Waals surface area (Å²) in [5, 5.41) is 25.1. The molecule has 14 atom stereocenters. The minimum atomic E-state index is -2.52. The van der Waals surface area contributed by atoms with Gasteiger partial charge in [-0.15, -0.1) is 6.58 Å². The summed E-state index contributed by atoms with van der Waals surface area (Å²) in [6.07, 6.45) is 7.76. The van der Waals surface area contributed by atoms with Crippen LogP contribution in [0.15, 0.2) is 66.4 Å². The molecule has 2 aromatic rings. The van der Waals surface area contributed by atoms with Crippen molar-refractivity contribution >= 4 is 34.3 Å². The van der Waals surface area contributed by atoms with Crippen LogP contribution in [0.25, 0.3) is 10.9 Å². The highest BCUT2D eigenvalue weighted by molar-refractivity contribution is 6.39. The predicted octanol–water partition coefficient (Wildman–Crippen LogP) is 7.21. The number of Topliss-reactive ketones (excluding diaryl/α,β-unsaturated/α-hetero) is 2. The summed E-state index contributed by atoms with van der Waals surface area (Å²) >= 11 is 0. The number of rotatable bonds is 9. The van der Waals surface area contributed by atoms with Gasteiger partial charge in [-0.2, -0.15) is 0 Å². The third-order valence-electron chi connectivity index (χ3n) is 14.7. The number of aromatic nitrogens is 1. The average Bonchev–Trinajstić information content (AvgIpc) is 3.78. The number of esters is 1. The summed E-state index contributed by atoms with van der Waals surface area (Å²) in [5.74, 6) is -6.98. The zero-order valence-corrected chi connectivity index (χ0v) is 40.2. The molecule has 14 nitrogen and oxygen atoms in total.